The van der Waals surface area contributed by atoms with Gasteiger partial charge in [0.15, 0.2) is 5.13 Å². The van der Waals surface area contributed by atoms with Gasteiger partial charge in [-0.3, -0.25) is 14.4 Å². The Balaban J connectivity index is 1.49. The predicted octanol–water partition coefficient (Wildman–Crippen LogP) is 2.03. The van der Waals surface area contributed by atoms with Crippen LogP contribution in [0.5, 0.6) is 0 Å². The molecule has 3 N–H and O–H groups in total. The molecule has 3 heterocycles. The van der Waals surface area contributed by atoms with Gasteiger partial charge in [-0.1, -0.05) is 12.1 Å². The number of likely N-dealkylation sites (tertiary alicyclic amines) is 1. The molecule has 3 amide bonds. The standard InChI is InChI=1S/C19H21N5O3S/c1-12(16(26)21-18-20-9-11-28-18)24-10-8-19(7-6-15(24)25)22-14-5-3-2-4-13(14)17(27)23-19/h2-5,9,11-12,22H,6-8,10H2,1H3,(H,23,27)(H,20,21,26)/t12-,19+/m1/s1. The summed E-state index contributed by atoms with van der Waals surface area (Å²) in [5, 5.41) is 11.5. The van der Waals surface area contributed by atoms with Crippen LogP contribution in [0, 0.1) is 0 Å². The number of carbonyl (C=O) groups excluding carboxylic acids is 3. The Bertz CT molecular complexity index is 916. The van der Waals surface area contributed by atoms with Gasteiger partial charge < -0.3 is 20.9 Å². The highest BCUT2D eigenvalue weighted by atomic mass is 32.1. The second kappa shape index (κ2) is 7.23. The number of rotatable bonds is 3. The first-order valence-electron chi connectivity index (χ1n) is 9.17. The SMILES string of the molecule is C[C@H](C(=O)Nc1nccs1)N1CC[C@]2(CCC1=O)NC(=O)c1ccccc1N2. The summed E-state index contributed by atoms with van der Waals surface area (Å²) in [6, 6.07) is 6.70. The van der Waals surface area contributed by atoms with Gasteiger partial charge in [-0.25, -0.2) is 4.98 Å². The van der Waals surface area contributed by atoms with Gasteiger partial charge in [0.2, 0.25) is 11.8 Å². The van der Waals surface area contributed by atoms with Crippen molar-refractivity contribution in [2.45, 2.75) is 37.9 Å². The van der Waals surface area contributed by atoms with E-state index in [2.05, 4.69) is 20.9 Å². The number of hydrogen-bond acceptors (Lipinski definition) is 6. The predicted molar refractivity (Wildman–Crippen MR) is 106 cm³/mol. The van der Waals surface area contributed by atoms with E-state index in [1.165, 1.54) is 11.3 Å². The molecule has 2 aliphatic heterocycles. The van der Waals surface area contributed by atoms with Gasteiger partial charge in [0.25, 0.3) is 5.91 Å². The molecule has 28 heavy (non-hydrogen) atoms. The first-order valence-corrected chi connectivity index (χ1v) is 10.0. The maximum Gasteiger partial charge on any atom is 0.255 e. The minimum absolute atomic E-state index is 0.103. The summed E-state index contributed by atoms with van der Waals surface area (Å²) in [6.45, 7) is 2.07. The molecule has 9 heteroatoms. The lowest BCUT2D eigenvalue weighted by Crippen LogP contribution is -2.58. The van der Waals surface area contributed by atoms with Crippen molar-refractivity contribution in [1.82, 2.24) is 15.2 Å². The molecule has 1 spiro atoms. The van der Waals surface area contributed by atoms with Crippen LogP contribution in [-0.4, -0.2) is 45.9 Å². The van der Waals surface area contributed by atoms with Crippen LogP contribution in [0.3, 0.4) is 0 Å². The maximum absolute atomic E-state index is 12.7. The minimum Gasteiger partial charge on any atom is -0.362 e. The highest BCUT2D eigenvalue weighted by Gasteiger charge is 2.41. The molecule has 2 aliphatic rings. The largest absolute Gasteiger partial charge is 0.362 e. The van der Waals surface area contributed by atoms with Crippen LogP contribution in [0.25, 0.3) is 0 Å². The number of thiazole rings is 1. The number of nitrogens with one attached hydrogen (secondary N) is 3. The summed E-state index contributed by atoms with van der Waals surface area (Å²) in [5.41, 5.74) is 0.667. The van der Waals surface area contributed by atoms with E-state index in [1.807, 2.05) is 18.2 Å². The Morgan fingerprint density at radius 3 is 2.89 bits per heavy atom. The fourth-order valence-electron chi connectivity index (χ4n) is 3.68. The molecule has 0 saturated carbocycles. The van der Waals surface area contributed by atoms with E-state index in [-0.39, 0.29) is 24.1 Å². The summed E-state index contributed by atoms with van der Waals surface area (Å²) in [7, 11) is 0. The molecule has 0 radical (unpaired) electrons. The molecular weight excluding hydrogens is 378 g/mol. The molecule has 1 saturated heterocycles. The molecule has 0 bridgehead atoms. The number of nitrogens with zero attached hydrogens (tertiary/aromatic N) is 2. The van der Waals surface area contributed by atoms with Crippen molar-refractivity contribution in [3.8, 4) is 0 Å². The molecule has 8 nitrogen and oxygen atoms in total. The number of fused-ring (bicyclic) bond motifs is 1. The zero-order valence-electron chi connectivity index (χ0n) is 15.4. The monoisotopic (exact) mass is 399 g/mol. The van der Waals surface area contributed by atoms with Gasteiger partial charge in [0.1, 0.15) is 11.7 Å². The smallest absolute Gasteiger partial charge is 0.255 e. The fraction of sp³-hybridized carbons (Fsp3) is 0.368. The lowest BCUT2D eigenvalue weighted by Gasteiger charge is -2.40. The minimum atomic E-state index is -0.693. The number of aromatic nitrogens is 1. The molecule has 2 aromatic rings. The number of hydrogen-bond donors (Lipinski definition) is 3. The summed E-state index contributed by atoms with van der Waals surface area (Å²) in [4.78, 5) is 43.4. The van der Waals surface area contributed by atoms with Crippen molar-refractivity contribution >= 4 is 39.9 Å². The molecule has 1 fully saturated rings. The number of amides is 3. The van der Waals surface area contributed by atoms with Gasteiger partial charge >= 0.3 is 0 Å². The van der Waals surface area contributed by atoms with Gasteiger partial charge in [0.05, 0.1) is 5.56 Å². The summed E-state index contributed by atoms with van der Waals surface area (Å²) >= 11 is 1.33. The second-order valence-electron chi connectivity index (χ2n) is 7.05. The van der Waals surface area contributed by atoms with Crippen molar-refractivity contribution in [2.24, 2.45) is 0 Å². The maximum atomic E-state index is 12.7. The fourth-order valence-corrected chi connectivity index (χ4v) is 4.22. The van der Waals surface area contributed by atoms with E-state index < -0.39 is 11.7 Å². The van der Waals surface area contributed by atoms with Crippen LogP contribution in [0.15, 0.2) is 35.8 Å². The summed E-state index contributed by atoms with van der Waals surface area (Å²) in [5.74, 6) is -0.524. The molecule has 146 valence electrons. The number of para-hydroxylation sites is 1. The number of benzene rings is 1. The molecular formula is C19H21N5O3S. The second-order valence-corrected chi connectivity index (χ2v) is 7.94. The van der Waals surface area contributed by atoms with Crippen LogP contribution in [0.1, 0.15) is 36.5 Å². The average molecular weight is 399 g/mol. The number of anilines is 2. The third kappa shape index (κ3) is 3.45. The van der Waals surface area contributed by atoms with E-state index in [0.29, 0.717) is 30.1 Å². The topological polar surface area (TPSA) is 103 Å². The van der Waals surface area contributed by atoms with Gasteiger partial charge in [0, 0.05) is 36.7 Å². The normalized spacial score (nSPS) is 22.7. The van der Waals surface area contributed by atoms with Crippen LogP contribution in [0.4, 0.5) is 10.8 Å². The van der Waals surface area contributed by atoms with Crippen LogP contribution < -0.4 is 16.0 Å². The number of carbonyl (C=O) groups is 3. The van der Waals surface area contributed by atoms with Crippen LogP contribution >= 0.6 is 11.3 Å². The Morgan fingerprint density at radius 1 is 1.29 bits per heavy atom. The van der Waals surface area contributed by atoms with Crippen LogP contribution in [-0.2, 0) is 9.59 Å². The lowest BCUT2D eigenvalue weighted by molar-refractivity contribution is -0.137. The highest BCUT2D eigenvalue weighted by Crippen LogP contribution is 2.32. The third-order valence-corrected chi connectivity index (χ3v) is 5.96. The third-order valence-electron chi connectivity index (χ3n) is 5.27. The zero-order chi connectivity index (χ0) is 19.7. The Kier molecular flexibility index (Phi) is 4.76. The van der Waals surface area contributed by atoms with E-state index in [0.717, 1.165) is 5.69 Å². The lowest BCUT2D eigenvalue weighted by atomic mass is 9.95. The van der Waals surface area contributed by atoms with Crippen molar-refractivity contribution in [3.63, 3.8) is 0 Å². The van der Waals surface area contributed by atoms with Gasteiger partial charge in [-0.05, 0) is 25.5 Å². The van der Waals surface area contributed by atoms with E-state index in [1.54, 1.807) is 29.5 Å². The molecule has 2 atom stereocenters. The zero-order valence-corrected chi connectivity index (χ0v) is 16.2. The van der Waals surface area contributed by atoms with Crippen molar-refractivity contribution in [2.75, 3.05) is 17.2 Å². The molecule has 4 rings (SSSR count). The average Bonchev–Trinajstić information content (AvgIpc) is 3.14. The Morgan fingerprint density at radius 2 is 2.11 bits per heavy atom. The Labute approximate surface area is 166 Å². The first kappa shape index (κ1) is 18.4. The van der Waals surface area contributed by atoms with Crippen molar-refractivity contribution in [1.29, 1.82) is 0 Å². The molecule has 0 aliphatic carbocycles. The summed E-state index contributed by atoms with van der Waals surface area (Å²) < 4.78 is 0. The van der Waals surface area contributed by atoms with Crippen molar-refractivity contribution < 1.29 is 14.4 Å². The molecule has 1 aromatic carbocycles. The van der Waals surface area contributed by atoms with E-state index >= 15 is 0 Å². The Hall–Kier alpha value is -2.94. The first-order chi connectivity index (χ1) is 13.5. The van der Waals surface area contributed by atoms with Gasteiger partial charge in [-0.15, -0.1) is 11.3 Å². The van der Waals surface area contributed by atoms with Gasteiger partial charge in [-0.2, -0.15) is 0 Å². The van der Waals surface area contributed by atoms with Crippen molar-refractivity contribution in [3.05, 3.63) is 41.4 Å². The van der Waals surface area contributed by atoms with E-state index in [4.69, 9.17) is 0 Å². The van der Waals surface area contributed by atoms with E-state index in [9.17, 15) is 14.4 Å². The molecule has 0 unspecified atom stereocenters. The molecule has 1 aromatic heterocycles. The quantitative estimate of drug-likeness (QED) is 0.733. The highest BCUT2D eigenvalue weighted by molar-refractivity contribution is 7.13. The van der Waals surface area contributed by atoms with Crippen LogP contribution in [0.2, 0.25) is 0 Å². The summed E-state index contributed by atoms with van der Waals surface area (Å²) in [6.07, 6.45) is 2.82.